The van der Waals surface area contributed by atoms with E-state index in [0.717, 1.165) is 31.6 Å². The lowest BCUT2D eigenvalue weighted by Gasteiger charge is -2.46. The summed E-state index contributed by atoms with van der Waals surface area (Å²) in [5, 5.41) is 13.5. The molecule has 0 saturated heterocycles. The van der Waals surface area contributed by atoms with Gasteiger partial charge in [-0.25, -0.2) is 0 Å². The van der Waals surface area contributed by atoms with Gasteiger partial charge in [0.25, 0.3) is 0 Å². The lowest BCUT2D eigenvalue weighted by Crippen LogP contribution is -2.47. The molecule has 3 atom stereocenters. The van der Waals surface area contributed by atoms with Gasteiger partial charge in [-0.15, -0.1) is 0 Å². The van der Waals surface area contributed by atoms with Crippen LogP contribution in [-0.4, -0.2) is 36.9 Å². The van der Waals surface area contributed by atoms with Gasteiger partial charge in [-0.1, -0.05) is 39.0 Å². The number of nitrogens with one attached hydrogen (secondary N) is 1. The monoisotopic (exact) mass is 320 g/mol. The molecule has 0 aromatic heterocycles. The molecule has 0 bridgehead atoms. The van der Waals surface area contributed by atoms with Crippen molar-refractivity contribution in [3.05, 3.63) is 30.3 Å². The van der Waals surface area contributed by atoms with Crippen LogP contribution < -0.4 is 15.8 Å². The van der Waals surface area contributed by atoms with Gasteiger partial charge in [0.2, 0.25) is 0 Å². The highest BCUT2D eigenvalue weighted by Gasteiger charge is 2.39. The fourth-order valence-corrected chi connectivity index (χ4v) is 4.16. The highest BCUT2D eigenvalue weighted by Crippen LogP contribution is 2.45. The van der Waals surface area contributed by atoms with Gasteiger partial charge in [-0.3, -0.25) is 0 Å². The molecule has 4 heteroatoms. The first kappa shape index (κ1) is 18.2. The van der Waals surface area contributed by atoms with Crippen molar-refractivity contribution in [1.29, 1.82) is 0 Å². The lowest BCUT2D eigenvalue weighted by molar-refractivity contribution is 0.0709. The number of para-hydroxylation sites is 1. The van der Waals surface area contributed by atoms with Crippen molar-refractivity contribution in [2.45, 2.75) is 52.2 Å². The van der Waals surface area contributed by atoms with Gasteiger partial charge in [0, 0.05) is 19.1 Å². The SMILES string of the molecule is CC1(C)CC(N)CC(C)(CNCC(O)COc2ccccc2)C1. The van der Waals surface area contributed by atoms with E-state index < -0.39 is 6.10 Å². The Morgan fingerprint density at radius 1 is 1.26 bits per heavy atom. The minimum Gasteiger partial charge on any atom is -0.491 e. The molecule has 130 valence electrons. The van der Waals surface area contributed by atoms with E-state index in [2.05, 4.69) is 26.1 Å². The van der Waals surface area contributed by atoms with Crippen LogP contribution in [-0.2, 0) is 0 Å². The molecule has 23 heavy (non-hydrogen) atoms. The quantitative estimate of drug-likeness (QED) is 0.722. The third kappa shape index (κ3) is 6.13. The minimum atomic E-state index is -0.510. The predicted octanol–water partition coefficient (Wildman–Crippen LogP) is 2.56. The largest absolute Gasteiger partial charge is 0.491 e. The summed E-state index contributed by atoms with van der Waals surface area (Å²) < 4.78 is 5.58. The number of hydrogen-bond acceptors (Lipinski definition) is 4. The summed E-state index contributed by atoms with van der Waals surface area (Å²) in [7, 11) is 0. The van der Waals surface area contributed by atoms with Crippen LogP contribution in [0.5, 0.6) is 5.75 Å². The first-order valence-electron chi connectivity index (χ1n) is 8.60. The maximum absolute atomic E-state index is 10.1. The molecule has 2 rings (SSSR count). The van der Waals surface area contributed by atoms with E-state index in [-0.39, 0.29) is 11.5 Å². The smallest absolute Gasteiger partial charge is 0.119 e. The molecule has 3 unspecified atom stereocenters. The second-order valence-electron chi connectivity index (χ2n) is 8.23. The molecule has 1 fully saturated rings. The number of hydrogen-bond donors (Lipinski definition) is 3. The first-order valence-corrected chi connectivity index (χ1v) is 8.60. The van der Waals surface area contributed by atoms with E-state index in [1.807, 2.05) is 30.3 Å². The Bertz CT molecular complexity index is 478. The number of aliphatic hydroxyl groups excluding tert-OH is 1. The number of rotatable bonds is 7. The van der Waals surface area contributed by atoms with Gasteiger partial charge >= 0.3 is 0 Å². The summed E-state index contributed by atoms with van der Waals surface area (Å²) in [6.07, 6.45) is 2.79. The zero-order valence-corrected chi connectivity index (χ0v) is 14.7. The Morgan fingerprint density at radius 3 is 2.61 bits per heavy atom. The summed E-state index contributed by atoms with van der Waals surface area (Å²) in [5.41, 5.74) is 6.72. The summed E-state index contributed by atoms with van der Waals surface area (Å²) in [6.45, 7) is 8.62. The van der Waals surface area contributed by atoms with Gasteiger partial charge in [0.05, 0.1) is 0 Å². The van der Waals surface area contributed by atoms with Crippen LogP contribution >= 0.6 is 0 Å². The van der Waals surface area contributed by atoms with E-state index in [4.69, 9.17) is 10.5 Å². The van der Waals surface area contributed by atoms with Gasteiger partial charge in [0.15, 0.2) is 0 Å². The molecule has 0 radical (unpaired) electrons. The van der Waals surface area contributed by atoms with Crippen LogP contribution in [0.3, 0.4) is 0 Å². The number of benzene rings is 1. The molecule has 0 aliphatic heterocycles. The summed E-state index contributed by atoms with van der Waals surface area (Å²) in [5.74, 6) is 0.790. The molecule has 0 amide bonds. The van der Waals surface area contributed by atoms with E-state index in [9.17, 15) is 5.11 Å². The number of aliphatic hydroxyl groups is 1. The maximum atomic E-state index is 10.1. The average molecular weight is 320 g/mol. The Balaban J connectivity index is 1.71. The fraction of sp³-hybridized carbons (Fsp3) is 0.684. The van der Waals surface area contributed by atoms with Crippen molar-refractivity contribution in [2.75, 3.05) is 19.7 Å². The Hall–Kier alpha value is -1.10. The summed E-state index contributed by atoms with van der Waals surface area (Å²) >= 11 is 0. The van der Waals surface area contributed by atoms with Crippen molar-refractivity contribution in [1.82, 2.24) is 5.32 Å². The van der Waals surface area contributed by atoms with Gasteiger partial charge in [-0.2, -0.15) is 0 Å². The normalized spacial score (nSPS) is 28.3. The Labute approximate surface area is 140 Å². The van der Waals surface area contributed by atoms with E-state index in [1.165, 1.54) is 0 Å². The highest BCUT2D eigenvalue weighted by atomic mass is 16.5. The molecule has 1 saturated carbocycles. The van der Waals surface area contributed by atoms with Crippen LogP contribution in [0.1, 0.15) is 40.0 Å². The van der Waals surface area contributed by atoms with E-state index in [1.54, 1.807) is 0 Å². The van der Waals surface area contributed by atoms with Crippen LogP contribution in [0.25, 0.3) is 0 Å². The Kier molecular flexibility index (Phi) is 6.06. The van der Waals surface area contributed by atoms with Gasteiger partial charge < -0.3 is 20.9 Å². The number of nitrogens with two attached hydrogens (primary N) is 1. The van der Waals surface area contributed by atoms with E-state index in [0.29, 0.717) is 18.6 Å². The fourth-order valence-electron chi connectivity index (χ4n) is 4.16. The van der Waals surface area contributed by atoms with Gasteiger partial charge in [-0.05, 0) is 42.2 Å². The number of ether oxygens (including phenoxy) is 1. The molecule has 1 aliphatic rings. The predicted molar refractivity (Wildman–Crippen MR) is 94.5 cm³/mol. The highest BCUT2D eigenvalue weighted by molar-refractivity contribution is 5.20. The van der Waals surface area contributed by atoms with Crippen LogP contribution in [0.2, 0.25) is 0 Å². The van der Waals surface area contributed by atoms with Crippen molar-refractivity contribution in [3.63, 3.8) is 0 Å². The summed E-state index contributed by atoms with van der Waals surface area (Å²) in [6, 6.07) is 9.86. The molecule has 0 spiro atoms. The average Bonchev–Trinajstić information content (AvgIpc) is 2.43. The third-order valence-corrected chi connectivity index (χ3v) is 4.59. The molecule has 1 aliphatic carbocycles. The second-order valence-corrected chi connectivity index (χ2v) is 8.23. The Morgan fingerprint density at radius 2 is 1.96 bits per heavy atom. The molecule has 4 nitrogen and oxygen atoms in total. The second kappa shape index (κ2) is 7.65. The maximum Gasteiger partial charge on any atom is 0.119 e. The van der Waals surface area contributed by atoms with Crippen molar-refractivity contribution < 1.29 is 9.84 Å². The molecule has 0 heterocycles. The van der Waals surface area contributed by atoms with Crippen molar-refractivity contribution in [3.8, 4) is 5.75 Å². The van der Waals surface area contributed by atoms with Gasteiger partial charge in [0.1, 0.15) is 18.5 Å². The third-order valence-electron chi connectivity index (χ3n) is 4.59. The molecule has 1 aromatic carbocycles. The van der Waals surface area contributed by atoms with Crippen LogP contribution in [0.15, 0.2) is 30.3 Å². The molecular weight excluding hydrogens is 288 g/mol. The molecular formula is C19H32N2O2. The summed E-state index contributed by atoms with van der Waals surface area (Å²) in [4.78, 5) is 0. The zero-order valence-electron chi connectivity index (χ0n) is 14.7. The van der Waals surface area contributed by atoms with Crippen LogP contribution in [0.4, 0.5) is 0 Å². The van der Waals surface area contributed by atoms with Crippen molar-refractivity contribution in [2.24, 2.45) is 16.6 Å². The van der Waals surface area contributed by atoms with Crippen molar-refractivity contribution >= 4 is 0 Å². The van der Waals surface area contributed by atoms with E-state index >= 15 is 0 Å². The molecule has 1 aromatic rings. The lowest BCUT2D eigenvalue weighted by atomic mass is 9.63. The minimum absolute atomic E-state index is 0.196. The standard InChI is InChI=1S/C19H32N2O2/c1-18(2)9-15(20)10-19(3,13-18)14-21-11-16(22)12-23-17-7-5-4-6-8-17/h4-8,15-16,21-22H,9-14,20H2,1-3H3. The topological polar surface area (TPSA) is 67.5 Å². The first-order chi connectivity index (χ1) is 10.8. The van der Waals surface area contributed by atoms with Crippen LogP contribution in [0, 0.1) is 10.8 Å². The zero-order chi connectivity index (χ0) is 16.9. The molecule has 4 N–H and O–H groups in total.